The Hall–Kier alpha value is -2.44. The molecule has 5 nitrogen and oxygen atoms in total. The van der Waals surface area contributed by atoms with Crippen molar-refractivity contribution in [3.8, 4) is 0 Å². The molecule has 1 N–H and O–H groups in total. The fourth-order valence-corrected chi connectivity index (χ4v) is 4.48. The Kier molecular flexibility index (Phi) is 5.36. The fourth-order valence-electron chi connectivity index (χ4n) is 3.78. The number of hydrogen-bond acceptors (Lipinski definition) is 4. The molecule has 1 fully saturated rings. The summed E-state index contributed by atoms with van der Waals surface area (Å²) in [5, 5.41) is 11.8. The number of amides is 1. The molecular weight excluding hydrogens is 358 g/mol. The van der Waals surface area contributed by atoms with Crippen molar-refractivity contribution in [3.05, 3.63) is 76.7 Å². The third-order valence-electron chi connectivity index (χ3n) is 5.34. The summed E-state index contributed by atoms with van der Waals surface area (Å²) in [4.78, 5) is 13.4. The Morgan fingerprint density at radius 3 is 2.70 bits per heavy atom. The fraction of sp³-hybridized carbons (Fsp3) is 0.333. The first-order valence-electron chi connectivity index (χ1n) is 9.22. The van der Waals surface area contributed by atoms with Gasteiger partial charge in [0.05, 0.1) is 11.5 Å². The van der Waals surface area contributed by atoms with Gasteiger partial charge in [0.1, 0.15) is 0 Å². The molecule has 1 atom stereocenters. The molecule has 0 spiro atoms. The monoisotopic (exact) mass is 381 g/mol. The van der Waals surface area contributed by atoms with Crippen molar-refractivity contribution < 1.29 is 9.53 Å². The van der Waals surface area contributed by atoms with Crippen LogP contribution in [0.25, 0.3) is 0 Å². The predicted molar refractivity (Wildman–Crippen MR) is 106 cm³/mol. The smallest absolute Gasteiger partial charge is 0.230 e. The van der Waals surface area contributed by atoms with Crippen LogP contribution in [-0.2, 0) is 14.9 Å². The second-order valence-electron chi connectivity index (χ2n) is 6.83. The minimum absolute atomic E-state index is 0.0112. The standard InChI is InChI=1S/C21H23N3O2S/c25-20(21(8-12-26-13-9-21)18-5-2-1-3-6-18)22-15-19(17-7-14-27-16-17)24-11-4-10-23-24/h1-7,10-11,14,16,19H,8-9,12-13,15H2,(H,22,25)/t19-/m1/s1. The van der Waals surface area contributed by atoms with Crippen LogP contribution < -0.4 is 5.32 Å². The maximum Gasteiger partial charge on any atom is 0.230 e. The Morgan fingerprint density at radius 2 is 2.04 bits per heavy atom. The van der Waals surface area contributed by atoms with Crippen molar-refractivity contribution in [2.75, 3.05) is 19.8 Å². The predicted octanol–water partition coefficient (Wildman–Crippen LogP) is 3.40. The van der Waals surface area contributed by atoms with Gasteiger partial charge in [-0.2, -0.15) is 16.4 Å². The van der Waals surface area contributed by atoms with Gasteiger partial charge in [0, 0.05) is 32.2 Å². The van der Waals surface area contributed by atoms with E-state index in [0.29, 0.717) is 32.6 Å². The topological polar surface area (TPSA) is 56.2 Å². The van der Waals surface area contributed by atoms with E-state index in [1.165, 1.54) is 0 Å². The summed E-state index contributed by atoms with van der Waals surface area (Å²) in [6.45, 7) is 1.72. The van der Waals surface area contributed by atoms with Crippen LogP contribution in [0.5, 0.6) is 0 Å². The largest absolute Gasteiger partial charge is 0.381 e. The second kappa shape index (κ2) is 8.06. The first-order chi connectivity index (χ1) is 13.3. The van der Waals surface area contributed by atoms with Crippen LogP contribution in [0.4, 0.5) is 0 Å². The van der Waals surface area contributed by atoms with Crippen molar-refractivity contribution in [1.29, 1.82) is 0 Å². The van der Waals surface area contributed by atoms with Gasteiger partial charge in [0.15, 0.2) is 0 Å². The number of carbonyl (C=O) groups excluding carboxylic acids is 1. The molecule has 3 heterocycles. The number of carbonyl (C=O) groups is 1. The van der Waals surface area contributed by atoms with E-state index in [1.54, 1.807) is 17.5 Å². The van der Waals surface area contributed by atoms with Gasteiger partial charge in [-0.1, -0.05) is 30.3 Å². The molecule has 140 valence electrons. The normalized spacial score (nSPS) is 17.3. The zero-order chi connectivity index (χ0) is 18.5. The molecule has 1 amide bonds. The van der Waals surface area contributed by atoms with Crippen LogP contribution in [-0.4, -0.2) is 35.4 Å². The zero-order valence-electron chi connectivity index (χ0n) is 15.1. The van der Waals surface area contributed by atoms with Crippen molar-refractivity contribution in [1.82, 2.24) is 15.1 Å². The maximum atomic E-state index is 13.4. The van der Waals surface area contributed by atoms with E-state index in [4.69, 9.17) is 4.74 Å². The lowest BCUT2D eigenvalue weighted by molar-refractivity contribution is -0.130. The quantitative estimate of drug-likeness (QED) is 0.712. The van der Waals surface area contributed by atoms with Crippen molar-refractivity contribution in [2.24, 2.45) is 0 Å². The highest BCUT2D eigenvalue weighted by Crippen LogP contribution is 2.35. The minimum Gasteiger partial charge on any atom is -0.381 e. The van der Waals surface area contributed by atoms with Crippen LogP contribution in [0.15, 0.2) is 65.6 Å². The number of thiophene rings is 1. The lowest BCUT2D eigenvalue weighted by Gasteiger charge is -2.36. The molecule has 6 heteroatoms. The molecule has 3 aromatic rings. The highest BCUT2D eigenvalue weighted by Gasteiger charge is 2.41. The van der Waals surface area contributed by atoms with Crippen LogP contribution in [0, 0.1) is 0 Å². The summed E-state index contributed by atoms with van der Waals surface area (Å²) in [5.41, 5.74) is 1.70. The molecule has 0 saturated carbocycles. The number of rotatable bonds is 6. The van der Waals surface area contributed by atoms with E-state index in [1.807, 2.05) is 35.1 Å². The number of aromatic nitrogens is 2. The second-order valence-corrected chi connectivity index (χ2v) is 7.61. The molecule has 0 bridgehead atoms. The lowest BCUT2D eigenvalue weighted by atomic mass is 9.73. The molecule has 0 unspecified atom stereocenters. The van der Waals surface area contributed by atoms with Gasteiger partial charge in [-0.15, -0.1) is 0 Å². The molecule has 0 aliphatic carbocycles. The number of benzene rings is 1. The molecule has 1 aliphatic rings. The van der Waals surface area contributed by atoms with E-state index in [-0.39, 0.29) is 11.9 Å². The van der Waals surface area contributed by atoms with Gasteiger partial charge in [-0.25, -0.2) is 0 Å². The zero-order valence-corrected chi connectivity index (χ0v) is 15.9. The van der Waals surface area contributed by atoms with E-state index in [9.17, 15) is 4.79 Å². The van der Waals surface area contributed by atoms with E-state index in [0.717, 1.165) is 11.1 Å². The van der Waals surface area contributed by atoms with Crippen molar-refractivity contribution in [2.45, 2.75) is 24.3 Å². The van der Waals surface area contributed by atoms with Gasteiger partial charge >= 0.3 is 0 Å². The first kappa shape index (κ1) is 17.9. The Balaban J connectivity index is 1.56. The lowest BCUT2D eigenvalue weighted by Crippen LogP contribution is -2.49. The molecule has 0 radical (unpaired) electrons. The third-order valence-corrected chi connectivity index (χ3v) is 6.04. The molecular formula is C21H23N3O2S. The van der Waals surface area contributed by atoms with Crippen LogP contribution in [0.1, 0.15) is 30.0 Å². The summed E-state index contributed by atoms with van der Waals surface area (Å²) >= 11 is 1.65. The Labute approximate surface area is 163 Å². The van der Waals surface area contributed by atoms with E-state index >= 15 is 0 Å². The summed E-state index contributed by atoms with van der Waals surface area (Å²) in [6.07, 6.45) is 5.11. The molecule has 4 rings (SSSR count). The molecule has 27 heavy (non-hydrogen) atoms. The SMILES string of the molecule is O=C(NC[C@H](c1ccsc1)n1cccn1)C1(c2ccccc2)CCOCC1. The van der Waals surface area contributed by atoms with Crippen molar-refractivity contribution >= 4 is 17.2 Å². The number of ether oxygens (including phenoxy) is 1. The number of hydrogen-bond donors (Lipinski definition) is 1. The first-order valence-corrected chi connectivity index (χ1v) is 10.2. The van der Waals surface area contributed by atoms with Gasteiger partial charge in [-0.3, -0.25) is 9.48 Å². The third kappa shape index (κ3) is 3.68. The van der Waals surface area contributed by atoms with Gasteiger partial charge in [0.25, 0.3) is 0 Å². The number of nitrogens with zero attached hydrogens (tertiary/aromatic N) is 2. The van der Waals surface area contributed by atoms with Crippen molar-refractivity contribution in [3.63, 3.8) is 0 Å². The van der Waals surface area contributed by atoms with Gasteiger partial charge in [0.2, 0.25) is 5.91 Å². The van der Waals surface area contributed by atoms with Gasteiger partial charge < -0.3 is 10.1 Å². The molecule has 1 saturated heterocycles. The highest BCUT2D eigenvalue weighted by molar-refractivity contribution is 7.07. The minimum atomic E-state index is -0.525. The highest BCUT2D eigenvalue weighted by atomic mass is 32.1. The maximum absolute atomic E-state index is 13.4. The van der Waals surface area contributed by atoms with Gasteiger partial charge in [-0.05, 0) is 46.9 Å². The van der Waals surface area contributed by atoms with E-state index < -0.39 is 5.41 Å². The average molecular weight is 382 g/mol. The van der Waals surface area contributed by atoms with E-state index in [2.05, 4.69) is 39.4 Å². The Bertz CT molecular complexity index is 807. The molecule has 1 aliphatic heterocycles. The Morgan fingerprint density at radius 1 is 1.22 bits per heavy atom. The molecule has 2 aromatic heterocycles. The summed E-state index contributed by atoms with van der Waals surface area (Å²) in [5.74, 6) is 0.0735. The molecule has 1 aromatic carbocycles. The summed E-state index contributed by atoms with van der Waals surface area (Å²) in [6, 6.07) is 14.1. The van der Waals surface area contributed by atoms with Crippen LogP contribution in [0.2, 0.25) is 0 Å². The summed E-state index contributed by atoms with van der Waals surface area (Å²) < 4.78 is 7.45. The average Bonchev–Trinajstić information content (AvgIpc) is 3.44. The van der Waals surface area contributed by atoms with Crippen LogP contribution in [0.3, 0.4) is 0 Å². The number of nitrogens with one attached hydrogen (secondary N) is 1. The van der Waals surface area contributed by atoms with Crippen LogP contribution >= 0.6 is 11.3 Å². The summed E-state index contributed by atoms with van der Waals surface area (Å²) in [7, 11) is 0.